The van der Waals surface area contributed by atoms with Crippen LogP contribution < -0.4 is 0 Å². The van der Waals surface area contributed by atoms with Crippen LogP contribution in [0.2, 0.25) is 0 Å². The molecule has 0 unspecified atom stereocenters. The van der Waals surface area contributed by atoms with Crippen LogP contribution >= 0.6 is 27.9 Å². The van der Waals surface area contributed by atoms with Crippen molar-refractivity contribution in [2.45, 2.75) is 26.7 Å². The molecule has 0 radical (unpaired) electrons. The standard InChI is InChI=1S/C4H10.3ClH.Ti/c1-3-4-2;;;;/h3-4H2,1-2H3;3*1H;/q;;;;+3/p-3. The molecule has 0 aliphatic heterocycles. The number of hydrogen-bond donors (Lipinski definition) is 0. The first-order valence-electron chi connectivity index (χ1n) is 2.48. The number of unbranched alkanes of at least 4 members (excludes halogenated alkanes) is 1. The van der Waals surface area contributed by atoms with Crippen LogP contribution in [-0.4, -0.2) is 0 Å². The molecule has 0 saturated heterocycles. The van der Waals surface area contributed by atoms with Crippen molar-refractivity contribution in [1.29, 1.82) is 0 Å². The molecule has 0 saturated carbocycles. The van der Waals surface area contributed by atoms with Crippen molar-refractivity contribution >= 4 is 27.9 Å². The molecule has 0 aliphatic carbocycles. The van der Waals surface area contributed by atoms with E-state index in [2.05, 4.69) is 13.8 Å². The maximum atomic E-state index is 4.97. The topological polar surface area (TPSA) is 0 Å². The van der Waals surface area contributed by atoms with Gasteiger partial charge in [-0.05, 0) is 0 Å². The quantitative estimate of drug-likeness (QED) is 0.579. The van der Waals surface area contributed by atoms with Gasteiger partial charge in [0.15, 0.2) is 0 Å². The van der Waals surface area contributed by atoms with Gasteiger partial charge in [-0.15, -0.1) is 0 Å². The third kappa shape index (κ3) is 49.2. The fourth-order valence-electron chi connectivity index (χ4n) is 0. The molecule has 0 spiro atoms. The van der Waals surface area contributed by atoms with Crippen molar-refractivity contribution in [2.75, 3.05) is 0 Å². The SMILES string of the molecule is CCCC.[Cl][Ti]([Cl])[Cl]. The third-order valence-corrected chi connectivity index (χ3v) is 0.500. The minimum absolute atomic E-state index is 1.32. The van der Waals surface area contributed by atoms with E-state index < -0.39 is 14.7 Å². The van der Waals surface area contributed by atoms with Crippen molar-refractivity contribution in [3.8, 4) is 0 Å². The molecule has 0 rings (SSSR count). The van der Waals surface area contributed by atoms with Crippen molar-refractivity contribution < 1.29 is 14.7 Å². The van der Waals surface area contributed by atoms with Crippen LogP contribution in [0, 0.1) is 0 Å². The summed E-state index contributed by atoms with van der Waals surface area (Å²) in [4.78, 5) is 0. The van der Waals surface area contributed by atoms with Gasteiger partial charge in [-0.1, -0.05) is 26.7 Å². The van der Waals surface area contributed by atoms with Gasteiger partial charge in [0.1, 0.15) is 0 Å². The molecule has 8 heavy (non-hydrogen) atoms. The second-order valence-corrected chi connectivity index (χ2v) is 8.95. The molecule has 0 N–H and O–H groups in total. The van der Waals surface area contributed by atoms with Gasteiger partial charge in [-0.25, -0.2) is 0 Å². The summed E-state index contributed by atoms with van der Waals surface area (Å²) < 4.78 is 0. The Labute approximate surface area is 69.0 Å². The summed E-state index contributed by atoms with van der Waals surface area (Å²) in [6, 6.07) is 0. The van der Waals surface area contributed by atoms with E-state index in [1.54, 1.807) is 0 Å². The zero-order valence-corrected chi connectivity index (χ0v) is 8.88. The van der Waals surface area contributed by atoms with Crippen LogP contribution in [0.25, 0.3) is 0 Å². The maximum absolute atomic E-state index is 4.97. The van der Waals surface area contributed by atoms with E-state index in [-0.39, 0.29) is 0 Å². The second-order valence-electron chi connectivity index (χ2n) is 1.21. The van der Waals surface area contributed by atoms with Crippen LogP contribution in [0.15, 0.2) is 0 Å². The molecular formula is C4H10Cl3Ti. The average Bonchev–Trinajstić information content (AvgIpc) is 1.65. The van der Waals surface area contributed by atoms with Gasteiger partial charge in [0.05, 0.1) is 0 Å². The monoisotopic (exact) mass is 211 g/mol. The van der Waals surface area contributed by atoms with Crippen LogP contribution in [-0.2, 0) is 14.7 Å². The van der Waals surface area contributed by atoms with Gasteiger partial charge in [-0.3, -0.25) is 0 Å². The Bertz CT molecular complexity index is 27.7. The van der Waals surface area contributed by atoms with E-state index in [1.807, 2.05) is 0 Å². The minimum atomic E-state index is -1.92. The van der Waals surface area contributed by atoms with Crippen molar-refractivity contribution in [3.63, 3.8) is 0 Å². The first kappa shape index (κ1) is 12.3. The predicted octanol–water partition coefficient (Wildman–Crippen LogP) is 3.87. The van der Waals surface area contributed by atoms with Crippen LogP contribution in [0.4, 0.5) is 0 Å². The molecule has 0 aromatic heterocycles. The molecule has 0 aromatic rings. The molecule has 0 bridgehead atoms. The van der Waals surface area contributed by atoms with Crippen LogP contribution in [0.1, 0.15) is 26.7 Å². The van der Waals surface area contributed by atoms with E-state index in [0.29, 0.717) is 0 Å². The predicted molar refractivity (Wildman–Crippen MR) is 38.1 cm³/mol. The van der Waals surface area contributed by atoms with Gasteiger partial charge in [0, 0.05) is 0 Å². The molecule has 0 amide bonds. The van der Waals surface area contributed by atoms with Gasteiger partial charge in [-0.2, -0.15) is 0 Å². The molecule has 4 heteroatoms. The van der Waals surface area contributed by atoms with Crippen LogP contribution in [0.3, 0.4) is 0 Å². The van der Waals surface area contributed by atoms with E-state index in [1.165, 1.54) is 12.8 Å². The Morgan fingerprint density at radius 2 is 1.12 bits per heavy atom. The summed E-state index contributed by atoms with van der Waals surface area (Å²) in [5.74, 6) is 0. The molecule has 0 aliphatic rings. The molecule has 51 valence electrons. The Morgan fingerprint density at radius 1 is 1.00 bits per heavy atom. The van der Waals surface area contributed by atoms with Crippen molar-refractivity contribution in [3.05, 3.63) is 0 Å². The van der Waals surface area contributed by atoms with E-state index in [0.717, 1.165) is 0 Å². The van der Waals surface area contributed by atoms with E-state index >= 15 is 0 Å². The zero-order chi connectivity index (χ0) is 6.99. The fraction of sp³-hybridized carbons (Fsp3) is 1.00. The Hall–Kier alpha value is 1.58. The summed E-state index contributed by atoms with van der Waals surface area (Å²) >= 11 is -1.92. The van der Waals surface area contributed by atoms with Gasteiger partial charge in [0.25, 0.3) is 0 Å². The van der Waals surface area contributed by atoms with E-state index in [4.69, 9.17) is 27.9 Å². The van der Waals surface area contributed by atoms with Gasteiger partial charge in [0.2, 0.25) is 0 Å². The van der Waals surface area contributed by atoms with Gasteiger partial charge >= 0.3 is 42.6 Å². The molecule has 0 heterocycles. The zero-order valence-electron chi connectivity index (χ0n) is 5.05. The second kappa shape index (κ2) is 11.4. The first-order valence-corrected chi connectivity index (χ1v) is 8.93. The molecule has 0 fully saturated rings. The molecular weight excluding hydrogens is 202 g/mol. The summed E-state index contributed by atoms with van der Waals surface area (Å²) in [7, 11) is 14.9. The Kier molecular flexibility index (Phi) is 17.5. The fourth-order valence-corrected chi connectivity index (χ4v) is 0. The van der Waals surface area contributed by atoms with E-state index in [9.17, 15) is 0 Å². The Balaban J connectivity index is 0. The summed E-state index contributed by atoms with van der Waals surface area (Å²) in [5, 5.41) is 0. The number of halogens is 3. The molecule has 0 aromatic carbocycles. The summed E-state index contributed by atoms with van der Waals surface area (Å²) in [6.07, 6.45) is 2.64. The number of rotatable bonds is 1. The van der Waals surface area contributed by atoms with Gasteiger partial charge < -0.3 is 0 Å². The summed E-state index contributed by atoms with van der Waals surface area (Å²) in [6.45, 7) is 4.36. The molecule has 0 atom stereocenters. The third-order valence-electron chi connectivity index (χ3n) is 0.500. The molecule has 0 nitrogen and oxygen atoms in total. The average molecular weight is 212 g/mol. The Morgan fingerprint density at radius 3 is 1.12 bits per heavy atom. The summed E-state index contributed by atoms with van der Waals surface area (Å²) in [5.41, 5.74) is 0. The number of hydrogen-bond acceptors (Lipinski definition) is 0. The first-order chi connectivity index (χ1) is 3.65. The normalized spacial score (nSPS) is 7.12. The van der Waals surface area contributed by atoms with Crippen molar-refractivity contribution in [2.24, 2.45) is 0 Å². The van der Waals surface area contributed by atoms with Crippen molar-refractivity contribution in [1.82, 2.24) is 0 Å². The van der Waals surface area contributed by atoms with Crippen LogP contribution in [0.5, 0.6) is 0 Å².